The van der Waals surface area contributed by atoms with Gasteiger partial charge in [-0.2, -0.15) is 0 Å². The summed E-state index contributed by atoms with van der Waals surface area (Å²) in [6.45, 7) is 0.834. The van der Waals surface area contributed by atoms with Gasteiger partial charge >= 0.3 is 0 Å². The summed E-state index contributed by atoms with van der Waals surface area (Å²) in [6.07, 6.45) is 6.73. The summed E-state index contributed by atoms with van der Waals surface area (Å²) < 4.78 is 5.72. The van der Waals surface area contributed by atoms with E-state index in [4.69, 9.17) is 16.3 Å². The van der Waals surface area contributed by atoms with Crippen molar-refractivity contribution < 1.29 is 4.74 Å². The molecule has 1 radical (unpaired) electrons. The van der Waals surface area contributed by atoms with Gasteiger partial charge in [-0.1, -0.05) is 30.9 Å². The Labute approximate surface area is 96.4 Å². The van der Waals surface area contributed by atoms with Crippen molar-refractivity contribution in [1.82, 2.24) is 0 Å². The Kier molecular flexibility index (Phi) is 3.90. The van der Waals surface area contributed by atoms with Gasteiger partial charge in [-0.05, 0) is 37.0 Å². The highest BCUT2D eigenvalue weighted by molar-refractivity contribution is 6.30. The molecule has 0 amide bonds. The minimum Gasteiger partial charge on any atom is -0.493 e. The third-order valence-corrected chi connectivity index (χ3v) is 3.17. The van der Waals surface area contributed by atoms with Crippen LogP contribution < -0.4 is 4.74 Å². The molecule has 1 aromatic rings. The average molecular weight is 224 g/mol. The standard InChI is InChI=1S/C13H16ClO/c14-12-7-4-8-13(9-12)15-10-11-5-2-1-3-6-11/h4,8-9,11H,1-3,5-6,10H2. The molecule has 0 unspecified atom stereocenters. The van der Waals surface area contributed by atoms with E-state index in [-0.39, 0.29) is 0 Å². The van der Waals surface area contributed by atoms with Crippen LogP contribution in [0.5, 0.6) is 5.75 Å². The number of hydrogen-bond donors (Lipinski definition) is 0. The van der Waals surface area contributed by atoms with Crippen LogP contribution in [0, 0.1) is 12.0 Å². The van der Waals surface area contributed by atoms with Gasteiger partial charge in [-0.15, -0.1) is 0 Å². The molecule has 81 valence electrons. The molecule has 1 aliphatic carbocycles. The lowest BCUT2D eigenvalue weighted by atomic mass is 9.90. The molecule has 0 aromatic heterocycles. The summed E-state index contributed by atoms with van der Waals surface area (Å²) in [6, 6.07) is 8.43. The zero-order valence-corrected chi connectivity index (χ0v) is 9.59. The molecule has 2 rings (SSSR count). The largest absolute Gasteiger partial charge is 0.493 e. The molecular weight excluding hydrogens is 208 g/mol. The van der Waals surface area contributed by atoms with Crippen LogP contribution in [0.15, 0.2) is 18.2 Å². The van der Waals surface area contributed by atoms with Crippen LogP contribution in [0.2, 0.25) is 5.02 Å². The zero-order valence-electron chi connectivity index (χ0n) is 8.84. The van der Waals surface area contributed by atoms with Crippen LogP contribution in [0.1, 0.15) is 32.1 Å². The number of halogens is 1. The Balaban J connectivity index is 1.81. The first-order valence-corrected chi connectivity index (χ1v) is 6.02. The van der Waals surface area contributed by atoms with Crippen LogP contribution in [-0.4, -0.2) is 6.61 Å². The van der Waals surface area contributed by atoms with Gasteiger partial charge in [0.05, 0.1) is 11.6 Å². The highest BCUT2D eigenvalue weighted by atomic mass is 35.5. The van der Waals surface area contributed by atoms with Crippen molar-refractivity contribution in [1.29, 1.82) is 0 Å². The van der Waals surface area contributed by atoms with Crippen molar-refractivity contribution in [2.75, 3.05) is 6.61 Å². The van der Waals surface area contributed by atoms with Crippen molar-refractivity contribution in [2.45, 2.75) is 32.1 Å². The van der Waals surface area contributed by atoms with Gasteiger partial charge in [-0.25, -0.2) is 0 Å². The Morgan fingerprint density at radius 2 is 2.13 bits per heavy atom. The summed E-state index contributed by atoms with van der Waals surface area (Å²) in [4.78, 5) is 0. The molecule has 2 heteroatoms. The second-order valence-corrected chi connectivity index (χ2v) is 4.59. The van der Waals surface area contributed by atoms with E-state index in [2.05, 4.69) is 6.07 Å². The van der Waals surface area contributed by atoms with Gasteiger partial charge in [0, 0.05) is 6.07 Å². The summed E-state index contributed by atoms with van der Waals surface area (Å²) in [5.41, 5.74) is 0. The third kappa shape index (κ3) is 3.42. The topological polar surface area (TPSA) is 9.23 Å². The lowest BCUT2D eigenvalue weighted by molar-refractivity contribution is 0.209. The van der Waals surface area contributed by atoms with Gasteiger partial charge in [0.2, 0.25) is 0 Å². The smallest absolute Gasteiger partial charge is 0.120 e. The molecule has 0 spiro atoms. The summed E-state index contributed by atoms with van der Waals surface area (Å²) in [5.74, 6) is 1.60. The predicted octanol–water partition coefficient (Wildman–Crippen LogP) is 4.10. The van der Waals surface area contributed by atoms with Crippen LogP contribution in [0.3, 0.4) is 0 Å². The maximum Gasteiger partial charge on any atom is 0.120 e. The molecule has 0 aliphatic heterocycles. The molecule has 0 saturated heterocycles. The fourth-order valence-corrected chi connectivity index (χ4v) is 2.25. The van der Waals surface area contributed by atoms with E-state index in [1.165, 1.54) is 32.1 Å². The number of benzene rings is 1. The summed E-state index contributed by atoms with van der Waals surface area (Å²) >= 11 is 5.83. The van der Waals surface area contributed by atoms with Crippen LogP contribution in [0.25, 0.3) is 0 Å². The molecule has 0 bridgehead atoms. The van der Waals surface area contributed by atoms with E-state index >= 15 is 0 Å². The van der Waals surface area contributed by atoms with Crippen LogP contribution in [0.4, 0.5) is 0 Å². The van der Waals surface area contributed by atoms with E-state index < -0.39 is 0 Å². The van der Waals surface area contributed by atoms with E-state index in [0.29, 0.717) is 5.02 Å². The van der Waals surface area contributed by atoms with Crippen molar-refractivity contribution in [2.24, 2.45) is 5.92 Å². The third-order valence-electron chi connectivity index (χ3n) is 2.95. The molecule has 1 nitrogen and oxygen atoms in total. The first-order chi connectivity index (χ1) is 7.34. The highest BCUT2D eigenvalue weighted by Crippen LogP contribution is 2.25. The molecule has 15 heavy (non-hydrogen) atoms. The minimum absolute atomic E-state index is 0.621. The lowest BCUT2D eigenvalue weighted by Crippen LogP contribution is -2.15. The van der Waals surface area contributed by atoms with E-state index in [0.717, 1.165) is 18.3 Å². The zero-order chi connectivity index (χ0) is 10.5. The fourth-order valence-electron chi connectivity index (χ4n) is 2.08. The molecule has 1 saturated carbocycles. The molecule has 1 aliphatic rings. The summed E-state index contributed by atoms with van der Waals surface area (Å²) in [5, 5.41) is 0.621. The Morgan fingerprint density at radius 1 is 1.33 bits per heavy atom. The quantitative estimate of drug-likeness (QED) is 0.750. The second kappa shape index (κ2) is 5.41. The molecule has 1 aromatic carbocycles. The molecular formula is C13H16ClO. The predicted molar refractivity (Wildman–Crippen MR) is 62.4 cm³/mol. The van der Waals surface area contributed by atoms with Crippen molar-refractivity contribution in [3.8, 4) is 5.75 Å². The summed E-state index contributed by atoms with van der Waals surface area (Å²) in [7, 11) is 0. The Morgan fingerprint density at radius 3 is 2.87 bits per heavy atom. The first kappa shape index (κ1) is 10.8. The van der Waals surface area contributed by atoms with Crippen LogP contribution in [-0.2, 0) is 0 Å². The van der Waals surface area contributed by atoms with Gasteiger partial charge in [0.15, 0.2) is 0 Å². The lowest BCUT2D eigenvalue weighted by Gasteiger charge is -2.21. The average Bonchev–Trinajstić information content (AvgIpc) is 2.28. The fraction of sp³-hybridized carbons (Fsp3) is 0.538. The monoisotopic (exact) mass is 223 g/mol. The van der Waals surface area contributed by atoms with Gasteiger partial charge in [-0.3, -0.25) is 0 Å². The van der Waals surface area contributed by atoms with E-state index in [1.54, 1.807) is 6.07 Å². The number of ether oxygens (including phenoxy) is 1. The van der Waals surface area contributed by atoms with E-state index in [9.17, 15) is 0 Å². The maximum atomic E-state index is 5.83. The SMILES string of the molecule is Clc1[c]ccc(OCC2CCCCC2)c1. The minimum atomic E-state index is 0.621. The van der Waals surface area contributed by atoms with Gasteiger partial charge in [0.1, 0.15) is 5.75 Å². The Hall–Kier alpha value is -0.690. The van der Waals surface area contributed by atoms with Gasteiger partial charge in [0.25, 0.3) is 0 Å². The van der Waals surface area contributed by atoms with E-state index in [1.807, 2.05) is 12.1 Å². The molecule has 0 heterocycles. The highest BCUT2D eigenvalue weighted by Gasteiger charge is 2.13. The molecule has 0 N–H and O–H groups in total. The number of hydrogen-bond acceptors (Lipinski definition) is 1. The molecule has 0 atom stereocenters. The molecule has 1 fully saturated rings. The normalized spacial score (nSPS) is 17.7. The van der Waals surface area contributed by atoms with Crippen molar-refractivity contribution in [3.05, 3.63) is 29.3 Å². The van der Waals surface area contributed by atoms with Crippen molar-refractivity contribution >= 4 is 11.6 Å². The van der Waals surface area contributed by atoms with Gasteiger partial charge < -0.3 is 4.74 Å². The maximum absolute atomic E-state index is 5.83. The van der Waals surface area contributed by atoms with Crippen LogP contribution >= 0.6 is 11.6 Å². The number of rotatable bonds is 3. The Bertz CT molecular complexity index is 305. The van der Waals surface area contributed by atoms with Crippen molar-refractivity contribution in [3.63, 3.8) is 0 Å². The second-order valence-electron chi connectivity index (χ2n) is 4.19. The first-order valence-electron chi connectivity index (χ1n) is 5.64.